The number of aromatic nitrogens is 1. The summed E-state index contributed by atoms with van der Waals surface area (Å²) in [6, 6.07) is 10.4. The summed E-state index contributed by atoms with van der Waals surface area (Å²) in [4.78, 5) is 7.13. The van der Waals surface area contributed by atoms with Gasteiger partial charge in [-0.25, -0.2) is 0 Å². The fourth-order valence-corrected chi connectivity index (χ4v) is 3.13. The van der Waals surface area contributed by atoms with Crippen molar-refractivity contribution in [1.82, 2.24) is 10.3 Å². The molecular formula is C14H18IN3S2. The smallest absolute Gasteiger partial charge is 0.163 e. The Morgan fingerprint density at radius 3 is 2.75 bits per heavy atom. The normalized spacial score (nSPS) is 11.4. The van der Waals surface area contributed by atoms with E-state index in [0.29, 0.717) is 11.0 Å². The number of thiocarbonyl (C=S) groups is 1. The van der Waals surface area contributed by atoms with E-state index in [1.165, 1.54) is 9.75 Å². The van der Waals surface area contributed by atoms with Crippen LogP contribution in [0.1, 0.15) is 27.8 Å². The van der Waals surface area contributed by atoms with Gasteiger partial charge in [-0.2, -0.15) is 0 Å². The minimum atomic E-state index is 0. The van der Waals surface area contributed by atoms with Crippen LogP contribution in [0.2, 0.25) is 0 Å². The molecule has 2 aromatic heterocycles. The molecule has 20 heavy (non-hydrogen) atoms. The topological polar surface area (TPSA) is 50.9 Å². The average Bonchev–Trinajstić information content (AvgIpc) is 2.82. The van der Waals surface area contributed by atoms with E-state index in [1.54, 1.807) is 0 Å². The molecule has 0 radical (unpaired) electrons. The van der Waals surface area contributed by atoms with Crippen LogP contribution in [-0.4, -0.2) is 16.6 Å². The predicted molar refractivity (Wildman–Crippen MR) is 100.0 cm³/mol. The minimum absolute atomic E-state index is 0. The Morgan fingerprint density at radius 1 is 1.40 bits per heavy atom. The number of hydrogen-bond acceptors (Lipinski definition) is 3. The van der Waals surface area contributed by atoms with Crippen molar-refractivity contribution < 1.29 is 0 Å². The Balaban J connectivity index is 0.00000200. The number of thiophene rings is 1. The van der Waals surface area contributed by atoms with E-state index in [1.807, 2.05) is 29.7 Å². The van der Waals surface area contributed by atoms with Crippen LogP contribution >= 0.6 is 47.5 Å². The lowest BCUT2D eigenvalue weighted by Crippen LogP contribution is -2.30. The highest BCUT2D eigenvalue weighted by molar-refractivity contribution is 14.0. The van der Waals surface area contributed by atoms with Crippen LogP contribution in [0.25, 0.3) is 0 Å². The molecular weight excluding hydrogens is 401 g/mol. The van der Waals surface area contributed by atoms with Gasteiger partial charge in [-0.1, -0.05) is 6.07 Å². The maximum absolute atomic E-state index is 5.47. The standard InChI is InChI=1S/C14H17N3S2.HI/c1-10-5-6-13(19-10)11(7-9-17-14(15)18)12-4-2-3-8-16-12;/h2-6,8,11H,7,9H2,1H3,(H3,15,17,18);1H. The number of hydrogen-bond donors (Lipinski definition) is 2. The van der Waals surface area contributed by atoms with E-state index in [2.05, 4.69) is 35.4 Å². The predicted octanol–water partition coefficient (Wildman–Crippen LogP) is 3.42. The SMILES string of the molecule is Cc1ccc(C(CCNC(N)=S)c2ccccn2)s1.I. The summed E-state index contributed by atoms with van der Waals surface area (Å²) in [5.74, 6) is 0.293. The molecule has 0 aliphatic heterocycles. The number of halogens is 1. The lowest BCUT2D eigenvalue weighted by atomic mass is 9.99. The number of aryl methyl sites for hydroxylation is 1. The molecule has 0 spiro atoms. The Kier molecular flexibility index (Phi) is 7.39. The molecule has 2 heterocycles. The maximum Gasteiger partial charge on any atom is 0.163 e. The zero-order valence-electron chi connectivity index (χ0n) is 11.2. The van der Waals surface area contributed by atoms with Crippen LogP contribution in [0, 0.1) is 6.92 Å². The zero-order valence-corrected chi connectivity index (χ0v) is 15.2. The summed E-state index contributed by atoms with van der Waals surface area (Å²) in [5, 5.41) is 3.36. The second-order valence-electron chi connectivity index (χ2n) is 4.34. The quantitative estimate of drug-likeness (QED) is 0.576. The minimum Gasteiger partial charge on any atom is -0.376 e. The van der Waals surface area contributed by atoms with Crippen LogP contribution in [0.15, 0.2) is 36.5 Å². The van der Waals surface area contributed by atoms with Gasteiger partial charge in [-0.3, -0.25) is 4.98 Å². The van der Waals surface area contributed by atoms with Crippen molar-refractivity contribution in [3.63, 3.8) is 0 Å². The zero-order chi connectivity index (χ0) is 13.7. The number of rotatable bonds is 5. The summed E-state index contributed by atoms with van der Waals surface area (Å²) in [6.07, 6.45) is 2.76. The summed E-state index contributed by atoms with van der Waals surface area (Å²) < 4.78 is 0. The molecule has 0 saturated heterocycles. The summed E-state index contributed by atoms with van der Waals surface area (Å²) in [5.41, 5.74) is 6.56. The monoisotopic (exact) mass is 419 g/mol. The summed E-state index contributed by atoms with van der Waals surface area (Å²) in [6.45, 7) is 2.88. The third-order valence-electron chi connectivity index (χ3n) is 2.88. The van der Waals surface area contributed by atoms with Gasteiger partial charge in [0.25, 0.3) is 0 Å². The van der Waals surface area contributed by atoms with Gasteiger partial charge in [-0.05, 0) is 49.8 Å². The van der Waals surface area contributed by atoms with Crippen LogP contribution in [-0.2, 0) is 0 Å². The third-order valence-corrected chi connectivity index (χ3v) is 4.14. The highest BCUT2D eigenvalue weighted by Crippen LogP contribution is 2.31. The first-order valence-electron chi connectivity index (χ1n) is 6.17. The second-order valence-corrected chi connectivity index (χ2v) is 6.09. The number of nitrogens with zero attached hydrogens (tertiary/aromatic N) is 1. The van der Waals surface area contributed by atoms with Crippen molar-refractivity contribution in [3.8, 4) is 0 Å². The largest absolute Gasteiger partial charge is 0.376 e. The van der Waals surface area contributed by atoms with E-state index < -0.39 is 0 Å². The Bertz CT molecular complexity index is 542. The molecule has 0 aliphatic rings. The van der Waals surface area contributed by atoms with Gasteiger partial charge in [0, 0.05) is 34.1 Å². The molecule has 1 unspecified atom stereocenters. The van der Waals surface area contributed by atoms with Gasteiger partial charge in [0.15, 0.2) is 5.11 Å². The molecule has 1 atom stereocenters. The molecule has 0 amide bonds. The Labute approximate surface area is 146 Å². The third kappa shape index (κ3) is 4.99. The van der Waals surface area contributed by atoms with Crippen molar-refractivity contribution >= 4 is 52.6 Å². The lowest BCUT2D eigenvalue weighted by Gasteiger charge is -2.15. The van der Waals surface area contributed by atoms with Crippen LogP contribution in [0.4, 0.5) is 0 Å². The first-order chi connectivity index (χ1) is 9.16. The molecule has 0 saturated carbocycles. The molecule has 2 rings (SSSR count). The Morgan fingerprint density at radius 2 is 2.20 bits per heavy atom. The van der Waals surface area contributed by atoms with Crippen LogP contribution in [0.5, 0.6) is 0 Å². The van der Waals surface area contributed by atoms with E-state index in [0.717, 1.165) is 18.7 Å². The van der Waals surface area contributed by atoms with Crippen LogP contribution in [0.3, 0.4) is 0 Å². The van der Waals surface area contributed by atoms with Crippen molar-refractivity contribution in [2.45, 2.75) is 19.3 Å². The lowest BCUT2D eigenvalue weighted by molar-refractivity contribution is 0.685. The molecule has 0 fully saturated rings. The summed E-state index contributed by atoms with van der Waals surface area (Å²) in [7, 11) is 0. The van der Waals surface area contributed by atoms with Crippen LogP contribution < -0.4 is 11.1 Å². The molecule has 3 N–H and O–H groups in total. The molecule has 108 valence electrons. The van der Waals surface area contributed by atoms with Gasteiger partial charge >= 0.3 is 0 Å². The van der Waals surface area contributed by atoms with Gasteiger partial charge in [0.1, 0.15) is 0 Å². The molecule has 0 bridgehead atoms. The van der Waals surface area contributed by atoms with Gasteiger partial charge in [0.2, 0.25) is 0 Å². The highest BCUT2D eigenvalue weighted by Gasteiger charge is 2.16. The number of nitrogens with one attached hydrogen (secondary N) is 1. The van der Waals surface area contributed by atoms with Crippen molar-refractivity contribution in [1.29, 1.82) is 0 Å². The second kappa shape index (κ2) is 8.53. The van der Waals surface area contributed by atoms with Crippen molar-refractivity contribution in [2.24, 2.45) is 5.73 Å². The maximum atomic E-state index is 5.47. The number of nitrogens with two attached hydrogens (primary N) is 1. The van der Waals surface area contributed by atoms with Gasteiger partial charge in [-0.15, -0.1) is 35.3 Å². The van der Waals surface area contributed by atoms with Gasteiger partial charge < -0.3 is 11.1 Å². The van der Waals surface area contributed by atoms with E-state index in [4.69, 9.17) is 18.0 Å². The van der Waals surface area contributed by atoms with E-state index in [-0.39, 0.29) is 24.0 Å². The molecule has 6 heteroatoms. The number of pyridine rings is 1. The highest BCUT2D eigenvalue weighted by atomic mass is 127. The first-order valence-corrected chi connectivity index (χ1v) is 7.40. The van der Waals surface area contributed by atoms with E-state index in [9.17, 15) is 0 Å². The molecule has 0 aromatic carbocycles. The van der Waals surface area contributed by atoms with Crippen molar-refractivity contribution in [3.05, 3.63) is 52.0 Å². The first kappa shape index (κ1) is 17.3. The summed E-state index contributed by atoms with van der Waals surface area (Å²) >= 11 is 6.66. The molecule has 3 nitrogen and oxygen atoms in total. The average molecular weight is 419 g/mol. The van der Waals surface area contributed by atoms with E-state index >= 15 is 0 Å². The van der Waals surface area contributed by atoms with Crippen molar-refractivity contribution in [2.75, 3.05) is 6.54 Å². The fourth-order valence-electron chi connectivity index (χ4n) is 2.00. The van der Waals surface area contributed by atoms with Gasteiger partial charge in [0.05, 0.1) is 0 Å². The Hall–Kier alpha value is -0.730. The fraction of sp³-hybridized carbons (Fsp3) is 0.286. The molecule has 2 aromatic rings. The molecule has 0 aliphatic carbocycles.